The summed E-state index contributed by atoms with van der Waals surface area (Å²) in [6, 6.07) is 1.75. The van der Waals surface area contributed by atoms with Gasteiger partial charge >= 0.3 is 12.1 Å². The lowest BCUT2D eigenvalue weighted by Gasteiger charge is -2.12. The third-order valence-electron chi connectivity index (χ3n) is 1.79. The normalized spacial score (nSPS) is 12.1. The van der Waals surface area contributed by atoms with Gasteiger partial charge in [0.1, 0.15) is 5.56 Å². The lowest BCUT2D eigenvalue weighted by molar-refractivity contribution is -0.214. The Labute approximate surface area is 110 Å². The zero-order valence-corrected chi connectivity index (χ0v) is 10.8. The third kappa shape index (κ3) is 4.28. The van der Waals surface area contributed by atoms with Gasteiger partial charge in [-0.1, -0.05) is 0 Å². The maximum Gasteiger partial charge on any atom is 0.420 e. The first-order valence-electron chi connectivity index (χ1n) is 4.53. The molecule has 0 radical (unpaired) electrons. The number of carbonyl (C=O) groups is 1. The average Bonchev–Trinajstić information content (AvgIpc) is 2.23. The third-order valence-corrected chi connectivity index (χ3v) is 3.14. The van der Waals surface area contributed by atoms with Crippen LogP contribution in [-0.4, -0.2) is 14.4 Å². The van der Waals surface area contributed by atoms with Crippen LogP contribution in [0.3, 0.4) is 0 Å². The first-order chi connectivity index (χ1) is 8.51. The molecule has 0 spiro atoms. The summed E-state index contributed by atoms with van der Waals surface area (Å²) in [7, 11) is 0.614. The van der Waals surface area contributed by atoms with Crippen molar-refractivity contribution in [2.75, 3.05) is 0 Å². The minimum Gasteiger partial charge on any atom is -0.286 e. The zero-order chi connectivity index (χ0) is 14.8. The molecule has 0 fully saturated rings. The van der Waals surface area contributed by atoms with Crippen LogP contribution in [0.1, 0.15) is 12.5 Å². The molecule has 5 nitrogen and oxygen atoms in total. The highest BCUT2D eigenvalue weighted by atomic mass is 35.7. The second-order valence-electron chi connectivity index (χ2n) is 3.25. The summed E-state index contributed by atoms with van der Waals surface area (Å²) in [5, 5.41) is 0. The van der Waals surface area contributed by atoms with Crippen LogP contribution in [0.5, 0.6) is 5.75 Å². The molecule has 0 bridgehead atoms. The largest absolute Gasteiger partial charge is 0.420 e. The Kier molecular flexibility index (Phi) is 4.31. The summed E-state index contributed by atoms with van der Waals surface area (Å²) in [5.74, 6) is -1.83. The van der Waals surface area contributed by atoms with Gasteiger partial charge < -0.3 is 0 Å². The molecule has 1 aromatic carbocycles. The van der Waals surface area contributed by atoms with Crippen LogP contribution in [0, 0.1) is 0 Å². The van der Waals surface area contributed by atoms with Gasteiger partial charge in [0.05, 0.1) is 4.90 Å². The number of carbonyl (C=O) groups excluding carboxylic acids is 1. The molecule has 0 saturated heterocycles. The van der Waals surface area contributed by atoms with E-state index in [4.69, 9.17) is 10.7 Å². The fourth-order valence-corrected chi connectivity index (χ4v) is 1.84. The molecule has 1 aromatic rings. The maximum absolute atomic E-state index is 12.7. The van der Waals surface area contributed by atoms with E-state index in [0.29, 0.717) is 6.07 Å². The molecule has 0 heterocycles. The Hall–Kier alpha value is -1.48. The summed E-state index contributed by atoms with van der Waals surface area (Å²) in [4.78, 5) is 17.9. The Morgan fingerprint density at radius 2 is 1.89 bits per heavy atom. The van der Waals surface area contributed by atoms with Crippen molar-refractivity contribution in [3.05, 3.63) is 23.8 Å². The molecule has 1 rings (SSSR count). The highest BCUT2D eigenvalue weighted by Crippen LogP contribution is 2.38. The topological polar surface area (TPSA) is 69.7 Å². The molecule has 0 saturated carbocycles. The van der Waals surface area contributed by atoms with Crippen molar-refractivity contribution < 1.29 is 36.2 Å². The fraction of sp³-hybridized carbons (Fsp3) is 0.222. The van der Waals surface area contributed by atoms with Gasteiger partial charge in [-0.3, -0.25) is 9.78 Å². The number of hydrogen-bond donors (Lipinski definition) is 0. The van der Waals surface area contributed by atoms with Gasteiger partial charge in [0.25, 0.3) is 9.05 Å². The molecule has 19 heavy (non-hydrogen) atoms. The number of halogens is 4. The Bertz CT molecular complexity index is 596. The highest BCUT2D eigenvalue weighted by molar-refractivity contribution is 8.13. The van der Waals surface area contributed by atoms with Gasteiger partial charge in [-0.15, -0.1) is 0 Å². The fourth-order valence-electron chi connectivity index (χ4n) is 1.06. The van der Waals surface area contributed by atoms with Crippen LogP contribution in [0.2, 0.25) is 0 Å². The molecule has 0 aliphatic heterocycles. The summed E-state index contributed by atoms with van der Waals surface area (Å²) in [6.45, 7) is 0.921. The van der Waals surface area contributed by atoms with Gasteiger partial charge in [-0.2, -0.15) is 13.2 Å². The van der Waals surface area contributed by atoms with E-state index in [0.717, 1.165) is 13.0 Å². The van der Waals surface area contributed by atoms with Crippen molar-refractivity contribution >= 4 is 25.7 Å². The van der Waals surface area contributed by atoms with E-state index in [1.54, 1.807) is 0 Å². The molecule has 0 aliphatic carbocycles. The van der Waals surface area contributed by atoms with Gasteiger partial charge in [0.2, 0.25) is 0 Å². The maximum atomic E-state index is 12.7. The van der Waals surface area contributed by atoms with Crippen LogP contribution in [0.15, 0.2) is 23.1 Å². The molecule has 0 N–H and O–H groups in total. The minimum absolute atomic E-state index is 0.279. The average molecular weight is 319 g/mol. The first kappa shape index (κ1) is 15.6. The van der Waals surface area contributed by atoms with E-state index in [2.05, 4.69) is 9.78 Å². The second-order valence-corrected chi connectivity index (χ2v) is 5.82. The minimum atomic E-state index is -4.91. The van der Waals surface area contributed by atoms with Crippen molar-refractivity contribution in [1.29, 1.82) is 0 Å². The summed E-state index contributed by atoms with van der Waals surface area (Å²) >= 11 is 0. The van der Waals surface area contributed by atoms with E-state index in [9.17, 15) is 26.4 Å². The molecule has 0 aliphatic rings. The molecule has 0 aromatic heterocycles. The SMILES string of the molecule is CC(=O)OOc1ccc(S(=O)(=O)Cl)cc1C(F)(F)F. The standard InChI is InChI=1S/C9H6ClF3O5S/c1-5(14)17-18-8-3-2-6(19(10,15)16)4-7(8)9(11,12)13/h2-4H,1H3. The van der Waals surface area contributed by atoms with E-state index >= 15 is 0 Å². The summed E-state index contributed by atoms with van der Waals surface area (Å²) in [5.41, 5.74) is -1.43. The van der Waals surface area contributed by atoms with Crippen LogP contribution < -0.4 is 4.89 Å². The number of benzene rings is 1. The van der Waals surface area contributed by atoms with Crippen LogP contribution in [0.4, 0.5) is 13.2 Å². The Balaban J connectivity index is 3.29. The lowest BCUT2D eigenvalue weighted by Crippen LogP contribution is -2.11. The number of alkyl halides is 3. The van der Waals surface area contributed by atoms with Crippen molar-refractivity contribution in [1.82, 2.24) is 0 Å². The van der Waals surface area contributed by atoms with Crippen LogP contribution >= 0.6 is 10.7 Å². The predicted molar refractivity (Wildman–Crippen MR) is 56.9 cm³/mol. The zero-order valence-electron chi connectivity index (χ0n) is 9.19. The number of rotatable bonds is 3. The number of hydrogen-bond acceptors (Lipinski definition) is 5. The van der Waals surface area contributed by atoms with Crippen molar-refractivity contribution in [2.24, 2.45) is 0 Å². The molecule has 106 valence electrons. The summed E-state index contributed by atoms with van der Waals surface area (Å²) < 4.78 is 60.0. The van der Waals surface area contributed by atoms with Gasteiger partial charge in [0.15, 0.2) is 5.75 Å². The molecule has 10 heteroatoms. The predicted octanol–water partition coefficient (Wildman–Crippen LogP) is 2.49. The van der Waals surface area contributed by atoms with E-state index in [1.165, 1.54) is 0 Å². The van der Waals surface area contributed by atoms with E-state index in [-0.39, 0.29) is 6.07 Å². The van der Waals surface area contributed by atoms with Crippen molar-refractivity contribution in [2.45, 2.75) is 18.0 Å². The first-order valence-corrected chi connectivity index (χ1v) is 6.84. The highest BCUT2D eigenvalue weighted by Gasteiger charge is 2.36. The monoisotopic (exact) mass is 318 g/mol. The van der Waals surface area contributed by atoms with Crippen molar-refractivity contribution in [3.8, 4) is 5.75 Å². The van der Waals surface area contributed by atoms with Crippen molar-refractivity contribution in [3.63, 3.8) is 0 Å². The van der Waals surface area contributed by atoms with Gasteiger partial charge in [0, 0.05) is 17.6 Å². The lowest BCUT2D eigenvalue weighted by atomic mass is 10.2. The van der Waals surface area contributed by atoms with Gasteiger partial charge in [-0.25, -0.2) is 13.2 Å². The van der Waals surface area contributed by atoms with Crippen LogP contribution in [-0.2, 0) is 24.9 Å². The smallest absolute Gasteiger partial charge is 0.286 e. The molecule has 0 unspecified atom stereocenters. The van der Waals surface area contributed by atoms with E-state index < -0.39 is 37.4 Å². The van der Waals surface area contributed by atoms with Gasteiger partial charge in [-0.05, 0) is 18.2 Å². The second kappa shape index (κ2) is 5.25. The Morgan fingerprint density at radius 3 is 2.32 bits per heavy atom. The molecule has 0 atom stereocenters. The van der Waals surface area contributed by atoms with E-state index in [1.807, 2.05) is 0 Å². The Morgan fingerprint density at radius 1 is 1.32 bits per heavy atom. The molecular formula is C9H6ClF3O5S. The quantitative estimate of drug-likeness (QED) is 0.486. The molecular weight excluding hydrogens is 313 g/mol. The van der Waals surface area contributed by atoms with Crippen LogP contribution in [0.25, 0.3) is 0 Å². The summed E-state index contributed by atoms with van der Waals surface area (Å²) in [6.07, 6.45) is -4.91. The molecule has 0 amide bonds.